The lowest BCUT2D eigenvalue weighted by atomic mass is 10.1. The fourth-order valence-corrected chi connectivity index (χ4v) is 2.20. The minimum atomic E-state index is 0.491. The number of benzene rings is 2. The third kappa shape index (κ3) is 3.40. The third-order valence-corrected chi connectivity index (χ3v) is 3.38. The molecule has 5 nitrogen and oxygen atoms in total. The lowest BCUT2D eigenvalue weighted by Crippen LogP contribution is -2.00. The van der Waals surface area contributed by atoms with Crippen molar-refractivity contribution in [2.24, 2.45) is 0 Å². The van der Waals surface area contributed by atoms with Gasteiger partial charge in [-0.1, -0.05) is 30.3 Å². The number of hydrogen-bond donors (Lipinski definition) is 1. The molecule has 0 aliphatic heterocycles. The fraction of sp³-hybridized carbons (Fsp3) is 0.111. The number of methoxy groups -OCH3 is 2. The van der Waals surface area contributed by atoms with Gasteiger partial charge in [-0.3, -0.25) is 0 Å². The fourth-order valence-electron chi connectivity index (χ4n) is 2.20. The molecule has 0 spiro atoms. The van der Waals surface area contributed by atoms with Crippen LogP contribution in [0.5, 0.6) is 11.6 Å². The van der Waals surface area contributed by atoms with Crippen molar-refractivity contribution in [1.29, 1.82) is 0 Å². The molecule has 1 heterocycles. The van der Waals surface area contributed by atoms with Crippen LogP contribution >= 0.6 is 0 Å². The van der Waals surface area contributed by atoms with Crippen LogP contribution in [-0.4, -0.2) is 24.2 Å². The first-order valence-electron chi connectivity index (χ1n) is 7.17. The molecule has 116 valence electrons. The molecule has 0 saturated heterocycles. The quantitative estimate of drug-likeness (QED) is 0.774. The number of ether oxygens (including phenoxy) is 2. The van der Waals surface area contributed by atoms with E-state index in [-0.39, 0.29) is 0 Å². The van der Waals surface area contributed by atoms with E-state index in [1.807, 2.05) is 54.6 Å². The van der Waals surface area contributed by atoms with E-state index in [2.05, 4.69) is 15.3 Å². The number of nitrogens with zero attached hydrogens (tertiary/aromatic N) is 2. The summed E-state index contributed by atoms with van der Waals surface area (Å²) in [5.74, 6) is 1.81. The van der Waals surface area contributed by atoms with E-state index in [9.17, 15) is 0 Å². The van der Waals surface area contributed by atoms with Gasteiger partial charge < -0.3 is 14.8 Å². The summed E-state index contributed by atoms with van der Waals surface area (Å²) in [4.78, 5) is 8.80. The molecular weight excluding hydrogens is 290 g/mol. The van der Waals surface area contributed by atoms with Gasteiger partial charge in [0, 0.05) is 11.9 Å². The van der Waals surface area contributed by atoms with Crippen LogP contribution in [0.1, 0.15) is 0 Å². The van der Waals surface area contributed by atoms with Crippen molar-refractivity contribution in [3.8, 4) is 22.8 Å². The molecule has 0 aliphatic carbocycles. The summed E-state index contributed by atoms with van der Waals surface area (Å²) in [6.45, 7) is 0. The van der Waals surface area contributed by atoms with Gasteiger partial charge in [-0.2, -0.15) is 4.98 Å². The Morgan fingerprint density at radius 2 is 1.61 bits per heavy atom. The first-order chi connectivity index (χ1) is 11.3. The van der Waals surface area contributed by atoms with Crippen molar-refractivity contribution in [2.45, 2.75) is 0 Å². The highest BCUT2D eigenvalue weighted by Crippen LogP contribution is 2.30. The Morgan fingerprint density at radius 3 is 2.26 bits per heavy atom. The summed E-state index contributed by atoms with van der Waals surface area (Å²) < 4.78 is 10.6. The molecule has 5 heteroatoms. The molecule has 0 aliphatic rings. The number of nitrogens with one attached hydrogen (secondary N) is 1. The second-order valence-corrected chi connectivity index (χ2v) is 4.84. The molecule has 2 aromatic carbocycles. The maximum absolute atomic E-state index is 5.41. The molecule has 0 amide bonds. The second kappa shape index (κ2) is 6.79. The van der Waals surface area contributed by atoms with Gasteiger partial charge in [0.25, 0.3) is 0 Å². The molecule has 3 rings (SSSR count). The average Bonchev–Trinajstić information content (AvgIpc) is 2.62. The summed E-state index contributed by atoms with van der Waals surface area (Å²) in [7, 11) is 3.24. The van der Waals surface area contributed by atoms with E-state index < -0.39 is 0 Å². The van der Waals surface area contributed by atoms with Crippen LogP contribution in [0.15, 0.2) is 60.8 Å². The van der Waals surface area contributed by atoms with Gasteiger partial charge in [-0.25, -0.2) is 4.98 Å². The second-order valence-electron chi connectivity index (χ2n) is 4.84. The van der Waals surface area contributed by atoms with Gasteiger partial charge in [0.1, 0.15) is 5.75 Å². The first-order valence-corrected chi connectivity index (χ1v) is 7.17. The van der Waals surface area contributed by atoms with E-state index >= 15 is 0 Å². The highest BCUT2D eigenvalue weighted by Gasteiger charge is 2.10. The van der Waals surface area contributed by atoms with Crippen LogP contribution in [0.2, 0.25) is 0 Å². The monoisotopic (exact) mass is 307 g/mol. The van der Waals surface area contributed by atoms with Crippen molar-refractivity contribution < 1.29 is 9.47 Å². The molecule has 0 bridgehead atoms. The van der Waals surface area contributed by atoms with Crippen molar-refractivity contribution >= 4 is 11.6 Å². The van der Waals surface area contributed by atoms with E-state index in [1.165, 1.54) is 0 Å². The Hall–Kier alpha value is -3.08. The zero-order valence-electron chi connectivity index (χ0n) is 13.0. The minimum absolute atomic E-state index is 0.491. The van der Waals surface area contributed by atoms with Crippen molar-refractivity contribution in [3.63, 3.8) is 0 Å². The molecule has 23 heavy (non-hydrogen) atoms. The number of aromatic nitrogens is 2. The SMILES string of the molecule is COc1ccc(-c2cnc(Nc3ccccc3)nc2OC)cc1. The molecule has 0 unspecified atom stereocenters. The maximum atomic E-state index is 5.41. The van der Waals surface area contributed by atoms with Crippen LogP contribution in [0.25, 0.3) is 11.1 Å². The molecular formula is C18H17N3O2. The summed E-state index contributed by atoms with van der Waals surface area (Å²) >= 11 is 0. The predicted octanol–water partition coefficient (Wildman–Crippen LogP) is 3.90. The van der Waals surface area contributed by atoms with Crippen LogP contribution < -0.4 is 14.8 Å². The average molecular weight is 307 g/mol. The Morgan fingerprint density at radius 1 is 0.870 bits per heavy atom. The minimum Gasteiger partial charge on any atom is -0.497 e. The Bertz CT molecular complexity index is 774. The third-order valence-electron chi connectivity index (χ3n) is 3.38. The van der Waals surface area contributed by atoms with Crippen molar-refractivity contribution in [1.82, 2.24) is 9.97 Å². The molecule has 3 aromatic rings. The largest absolute Gasteiger partial charge is 0.497 e. The smallest absolute Gasteiger partial charge is 0.230 e. The van der Waals surface area contributed by atoms with E-state index in [0.717, 1.165) is 22.6 Å². The number of hydrogen-bond acceptors (Lipinski definition) is 5. The zero-order chi connectivity index (χ0) is 16.1. The van der Waals surface area contributed by atoms with Crippen molar-refractivity contribution in [2.75, 3.05) is 19.5 Å². The number of para-hydroxylation sites is 1. The molecule has 0 fully saturated rings. The molecule has 0 atom stereocenters. The number of rotatable bonds is 5. The molecule has 0 radical (unpaired) electrons. The van der Waals surface area contributed by atoms with Gasteiger partial charge in [0.2, 0.25) is 11.8 Å². The normalized spacial score (nSPS) is 10.2. The molecule has 0 saturated carbocycles. The first kappa shape index (κ1) is 14.8. The maximum Gasteiger partial charge on any atom is 0.230 e. The van der Waals surface area contributed by atoms with E-state index in [0.29, 0.717) is 11.8 Å². The van der Waals surface area contributed by atoms with Crippen LogP contribution in [-0.2, 0) is 0 Å². The summed E-state index contributed by atoms with van der Waals surface area (Å²) in [5.41, 5.74) is 2.72. The van der Waals surface area contributed by atoms with Crippen LogP contribution in [0.4, 0.5) is 11.6 Å². The van der Waals surface area contributed by atoms with E-state index in [1.54, 1.807) is 20.4 Å². The standard InChI is InChI=1S/C18H17N3O2/c1-22-15-10-8-13(9-11-15)16-12-19-18(21-17(16)23-2)20-14-6-4-3-5-7-14/h3-12H,1-2H3,(H,19,20,21). The van der Waals surface area contributed by atoms with Gasteiger partial charge in [-0.15, -0.1) is 0 Å². The Kier molecular flexibility index (Phi) is 4.38. The van der Waals surface area contributed by atoms with Gasteiger partial charge in [0.15, 0.2) is 0 Å². The van der Waals surface area contributed by atoms with Gasteiger partial charge in [-0.05, 0) is 29.8 Å². The predicted molar refractivity (Wildman–Crippen MR) is 90.3 cm³/mol. The lowest BCUT2D eigenvalue weighted by Gasteiger charge is -2.10. The Balaban J connectivity index is 1.90. The summed E-state index contributed by atoms with van der Waals surface area (Å²) in [6, 6.07) is 17.4. The highest BCUT2D eigenvalue weighted by atomic mass is 16.5. The van der Waals surface area contributed by atoms with Crippen LogP contribution in [0, 0.1) is 0 Å². The van der Waals surface area contributed by atoms with Crippen molar-refractivity contribution in [3.05, 3.63) is 60.8 Å². The number of anilines is 2. The topological polar surface area (TPSA) is 56.3 Å². The summed E-state index contributed by atoms with van der Waals surface area (Å²) in [6.07, 6.45) is 1.75. The molecule has 1 N–H and O–H groups in total. The highest BCUT2D eigenvalue weighted by molar-refractivity contribution is 5.69. The van der Waals surface area contributed by atoms with Gasteiger partial charge in [0.05, 0.1) is 19.8 Å². The summed E-state index contributed by atoms with van der Waals surface area (Å²) in [5, 5.41) is 3.15. The van der Waals surface area contributed by atoms with Gasteiger partial charge >= 0.3 is 0 Å². The zero-order valence-corrected chi connectivity index (χ0v) is 13.0. The van der Waals surface area contributed by atoms with E-state index in [4.69, 9.17) is 9.47 Å². The Labute approximate surface area is 134 Å². The lowest BCUT2D eigenvalue weighted by molar-refractivity contribution is 0.399. The van der Waals surface area contributed by atoms with Crippen LogP contribution in [0.3, 0.4) is 0 Å². The molecule has 1 aromatic heterocycles.